The average Bonchev–Trinajstić information content (AvgIpc) is 3.17. The van der Waals surface area contributed by atoms with Crippen molar-refractivity contribution in [3.63, 3.8) is 0 Å². The summed E-state index contributed by atoms with van der Waals surface area (Å²) in [6.07, 6.45) is 4.31. The average molecular weight is 348 g/mol. The Bertz CT molecular complexity index is 734. The summed E-state index contributed by atoms with van der Waals surface area (Å²) < 4.78 is 7.98. The van der Waals surface area contributed by atoms with E-state index in [1.807, 2.05) is 27.0 Å². The van der Waals surface area contributed by atoms with E-state index in [9.17, 15) is 9.59 Å². The smallest absolute Gasteiger partial charge is 0.355 e. The van der Waals surface area contributed by atoms with Gasteiger partial charge >= 0.3 is 5.97 Å². The molecular formula is C18H24N2O3S. The molecule has 1 atom stereocenters. The number of ether oxygens (including phenoxy) is 1. The fraction of sp³-hybridized carbons (Fsp3) is 0.556. The van der Waals surface area contributed by atoms with Gasteiger partial charge in [-0.1, -0.05) is 6.92 Å². The number of amides is 1. The Balaban J connectivity index is 1.87. The molecule has 130 valence electrons. The molecule has 1 unspecified atom stereocenters. The summed E-state index contributed by atoms with van der Waals surface area (Å²) in [7, 11) is 0. The molecule has 0 bridgehead atoms. The molecule has 0 saturated carbocycles. The molecule has 0 radical (unpaired) electrons. The number of rotatable bonds is 5. The SMILES string of the molecule is CCOC(=O)c1cc2sccc2n1CC(=O)N1CCCCC1CC. The molecule has 1 aliphatic heterocycles. The number of thiophene rings is 1. The molecule has 2 aromatic rings. The highest BCUT2D eigenvalue weighted by Gasteiger charge is 2.27. The Labute approximate surface area is 146 Å². The van der Waals surface area contributed by atoms with E-state index in [4.69, 9.17) is 4.74 Å². The number of nitrogens with zero attached hydrogens (tertiary/aromatic N) is 2. The van der Waals surface area contributed by atoms with Crippen molar-refractivity contribution < 1.29 is 14.3 Å². The van der Waals surface area contributed by atoms with Gasteiger partial charge in [0.05, 0.1) is 16.8 Å². The molecule has 0 N–H and O–H groups in total. The monoisotopic (exact) mass is 348 g/mol. The van der Waals surface area contributed by atoms with Crippen LogP contribution >= 0.6 is 11.3 Å². The van der Waals surface area contributed by atoms with Gasteiger partial charge in [0.15, 0.2) is 0 Å². The maximum atomic E-state index is 12.9. The minimum absolute atomic E-state index is 0.0933. The molecule has 24 heavy (non-hydrogen) atoms. The molecular weight excluding hydrogens is 324 g/mol. The van der Waals surface area contributed by atoms with Crippen LogP contribution in [0.3, 0.4) is 0 Å². The van der Waals surface area contributed by atoms with Crippen molar-refractivity contribution in [3.8, 4) is 0 Å². The molecule has 5 nitrogen and oxygen atoms in total. The molecule has 0 aliphatic carbocycles. The number of hydrogen-bond acceptors (Lipinski definition) is 4. The Morgan fingerprint density at radius 3 is 2.92 bits per heavy atom. The normalized spacial score (nSPS) is 18.1. The Morgan fingerprint density at radius 1 is 1.33 bits per heavy atom. The van der Waals surface area contributed by atoms with Crippen LogP contribution in [0, 0.1) is 0 Å². The summed E-state index contributed by atoms with van der Waals surface area (Å²) in [4.78, 5) is 27.1. The molecule has 2 aromatic heterocycles. The highest BCUT2D eigenvalue weighted by atomic mass is 32.1. The van der Waals surface area contributed by atoms with Gasteiger partial charge < -0.3 is 14.2 Å². The van der Waals surface area contributed by atoms with Crippen LogP contribution in [0.4, 0.5) is 0 Å². The molecule has 1 aliphatic rings. The van der Waals surface area contributed by atoms with Crippen LogP contribution in [-0.4, -0.2) is 40.5 Å². The summed E-state index contributed by atoms with van der Waals surface area (Å²) in [6.45, 7) is 5.27. The van der Waals surface area contributed by atoms with Crippen LogP contribution in [0.15, 0.2) is 17.5 Å². The van der Waals surface area contributed by atoms with E-state index in [1.54, 1.807) is 18.3 Å². The van der Waals surface area contributed by atoms with Crippen molar-refractivity contribution in [3.05, 3.63) is 23.2 Å². The fourth-order valence-electron chi connectivity index (χ4n) is 3.50. The van der Waals surface area contributed by atoms with Crippen molar-refractivity contribution in [1.29, 1.82) is 0 Å². The Morgan fingerprint density at radius 2 is 2.17 bits per heavy atom. The van der Waals surface area contributed by atoms with E-state index in [2.05, 4.69) is 6.92 Å². The van der Waals surface area contributed by atoms with Gasteiger partial charge in [0.25, 0.3) is 0 Å². The standard InChI is InChI=1S/C18H24N2O3S/c1-3-13-7-5-6-9-19(13)17(21)12-20-14-8-10-24-16(14)11-15(20)18(22)23-4-2/h8,10-11,13H,3-7,9,12H2,1-2H3. The second-order valence-electron chi connectivity index (χ2n) is 6.15. The zero-order chi connectivity index (χ0) is 17.1. The predicted molar refractivity (Wildman–Crippen MR) is 95.4 cm³/mol. The minimum atomic E-state index is -0.362. The number of hydrogen-bond donors (Lipinski definition) is 0. The zero-order valence-corrected chi connectivity index (χ0v) is 15.1. The Kier molecular flexibility index (Phi) is 5.23. The van der Waals surface area contributed by atoms with Crippen molar-refractivity contribution in [2.75, 3.05) is 13.2 Å². The highest BCUT2D eigenvalue weighted by molar-refractivity contribution is 7.17. The summed E-state index contributed by atoms with van der Waals surface area (Å²) >= 11 is 1.57. The van der Waals surface area contributed by atoms with Crippen LogP contribution in [0.2, 0.25) is 0 Å². The van der Waals surface area contributed by atoms with Gasteiger partial charge in [-0.15, -0.1) is 11.3 Å². The van der Waals surface area contributed by atoms with E-state index < -0.39 is 0 Å². The molecule has 0 spiro atoms. The van der Waals surface area contributed by atoms with Gasteiger partial charge in [0, 0.05) is 12.6 Å². The molecule has 0 aromatic carbocycles. The van der Waals surface area contributed by atoms with Crippen molar-refractivity contribution >= 4 is 33.4 Å². The van der Waals surface area contributed by atoms with Crippen molar-refractivity contribution in [1.82, 2.24) is 9.47 Å². The second kappa shape index (κ2) is 7.38. The number of esters is 1. The first-order valence-electron chi connectivity index (χ1n) is 8.69. The molecule has 6 heteroatoms. The van der Waals surface area contributed by atoms with Crippen LogP contribution in [-0.2, 0) is 16.1 Å². The topological polar surface area (TPSA) is 51.5 Å². The fourth-order valence-corrected chi connectivity index (χ4v) is 4.32. The highest BCUT2D eigenvalue weighted by Crippen LogP contribution is 2.27. The van der Waals surface area contributed by atoms with Crippen LogP contribution < -0.4 is 0 Å². The number of carbonyl (C=O) groups is 2. The quantitative estimate of drug-likeness (QED) is 0.775. The van der Waals surface area contributed by atoms with Gasteiger partial charge in [0.1, 0.15) is 12.2 Å². The van der Waals surface area contributed by atoms with E-state index in [0.717, 1.165) is 36.0 Å². The maximum absolute atomic E-state index is 12.9. The van der Waals surface area contributed by atoms with Gasteiger partial charge in [-0.25, -0.2) is 4.79 Å². The maximum Gasteiger partial charge on any atom is 0.355 e. The first-order valence-corrected chi connectivity index (χ1v) is 9.57. The van der Waals surface area contributed by atoms with Gasteiger partial charge in [-0.3, -0.25) is 4.79 Å². The largest absolute Gasteiger partial charge is 0.461 e. The molecule has 3 rings (SSSR count). The van der Waals surface area contributed by atoms with Crippen LogP contribution in [0.5, 0.6) is 0 Å². The van der Waals surface area contributed by atoms with Crippen molar-refractivity contribution in [2.24, 2.45) is 0 Å². The van der Waals surface area contributed by atoms with Crippen LogP contribution in [0.1, 0.15) is 50.0 Å². The first-order chi connectivity index (χ1) is 11.7. The van der Waals surface area contributed by atoms with E-state index in [1.165, 1.54) is 6.42 Å². The third-order valence-corrected chi connectivity index (χ3v) is 5.57. The van der Waals surface area contributed by atoms with Crippen LogP contribution in [0.25, 0.3) is 10.2 Å². The molecule has 1 saturated heterocycles. The van der Waals surface area contributed by atoms with Gasteiger partial charge in [-0.05, 0) is 50.1 Å². The van der Waals surface area contributed by atoms with E-state index in [-0.39, 0.29) is 18.4 Å². The second-order valence-corrected chi connectivity index (χ2v) is 7.10. The number of piperidine rings is 1. The van der Waals surface area contributed by atoms with Crippen molar-refractivity contribution in [2.45, 2.75) is 52.1 Å². The number of aromatic nitrogens is 1. The van der Waals surface area contributed by atoms with E-state index in [0.29, 0.717) is 18.3 Å². The molecule has 3 heterocycles. The lowest BCUT2D eigenvalue weighted by Gasteiger charge is -2.35. The van der Waals surface area contributed by atoms with Gasteiger partial charge in [-0.2, -0.15) is 0 Å². The third-order valence-electron chi connectivity index (χ3n) is 4.72. The van der Waals surface area contributed by atoms with E-state index >= 15 is 0 Å². The summed E-state index contributed by atoms with van der Waals surface area (Å²) in [6, 6.07) is 4.12. The minimum Gasteiger partial charge on any atom is -0.461 e. The number of likely N-dealkylation sites (tertiary alicyclic amines) is 1. The molecule has 1 fully saturated rings. The lowest BCUT2D eigenvalue weighted by Crippen LogP contribution is -2.45. The predicted octanol–water partition coefficient (Wildman–Crippen LogP) is 3.67. The number of fused-ring (bicyclic) bond motifs is 1. The lowest BCUT2D eigenvalue weighted by atomic mass is 10.00. The third kappa shape index (κ3) is 3.20. The first kappa shape index (κ1) is 17.0. The van der Waals surface area contributed by atoms with Gasteiger partial charge in [0.2, 0.25) is 5.91 Å². The lowest BCUT2D eigenvalue weighted by molar-refractivity contribution is -0.135. The number of carbonyl (C=O) groups excluding carboxylic acids is 2. The summed E-state index contributed by atoms with van der Waals surface area (Å²) in [5, 5.41) is 1.98. The Hall–Kier alpha value is -1.82. The summed E-state index contributed by atoms with van der Waals surface area (Å²) in [5.41, 5.74) is 1.40. The zero-order valence-electron chi connectivity index (χ0n) is 14.3. The molecule has 1 amide bonds. The summed E-state index contributed by atoms with van der Waals surface area (Å²) in [5.74, 6) is -0.268.